The molecule has 0 spiro atoms. The number of aliphatic hydroxyl groups excluding tert-OH is 4. The van der Waals surface area contributed by atoms with Gasteiger partial charge < -0.3 is 111 Å². The fourth-order valence-electron chi connectivity index (χ4n) is 9.75. The number of aliphatic imine (C=N–C) groups is 1. The molecule has 1 aromatic carbocycles. The number of carbonyl (C=O) groups is 14. The Morgan fingerprint density at radius 1 is 0.663 bits per heavy atom. The largest absolute Gasteiger partial charge is 0.490 e. The lowest BCUT2D eigenvalue weighted by molar-refractivity contribution is -0.192. The number of hydrogen-bond donors (Lipinski definition) is 19. The molecule has 22 N–H and O–H groups in total. The lowest BCUT2D eigenvalue weighted by Gasteiger charge is -2.34. The molecule has 16 atom stereocenters. The molecular formula is C65H106F3N15O21. The summed E-state index contributed by atoms with van der Waals surface area (Å²) in [6.45, 7) is 19.7. The van der Waals surface area contributed by atoms with Crippen molar-refractivity contribution < 1.29 is 115 Å². The average molecular weight is 1490 g/mol. The molecule has 1 aliphatic heterocycles. The highest BCUT2D eigenvalue weighted by atomic mass is 19.4. The third-order valence-electron chi connectivity index (χ3n) is 15.8. The molecule has 1 fully saturated rings. The maximum atomic E-state index is 15.5. The monoisotopic (exact) mass is 1490 g/mol. The summed E-state index contributed by atoms with van der Waals surface area (Å²) in [4.78, 5) is 198. The van der Waals surface area contributed by atoms with Crippen molar-refractivity contribution in [3.05, 3.63) is 35.9 Å². The summed E-state index contributed by atoms with van der Waals surface area (Å²) in [6, 6.07) is -11.4. The fraction of sp³-hybridized carbons (Fsp3) is 0.677. The van der Waals surface area contributed by atoms with Crippen molar-refractivity contribution in [2.45, 2.75) is 232 Å². The number of aliphatic carboxylic acids is 1. The predicted octanol–water partition coefficient (Wildman–Crippen LogP) is -3.24. The van der Waals surface area contributed by atoms with Gasteiger partial charge in [-0.1, -0.05) is 112 Å². The van der Waals surface area contributed by atoms with Crippen LogP contribution in [-0.2, 0) is 71.8 Å². The van der Waals surface area contributed by atoms with Gasteiger partial charge in [0.25, 0.3) is 0 Å². The van der Waals surface area contributed by atoms with Gasteiger partial charge >= 0.3 is 24.2 Å². The van der Waals surface area contributed by atoms with E-state index in [2.05, 4.69) is 52.8 Å². The summed E-state index contributed by atoms with van der Waals surface area (Å²) >= 11 is 0. The standard InChI is InChI=1S/C63H105N15O19.C2HF3O2/c1-15-32(9)41-56(90)75-43(34(11)80)54(88)68-27-40(81)73-45(48(83)50(64)84)58(92)72-39(28-79)60(94)96-49(35-21-18-17-19-22-35)46(77-53(87)38(26-30(5)6)70-55(89)42(33(10)16-2)78-62(95)97-63(12,13)14)59(93)76-44(47(82)31(7)8)57(91)71-37(25-29(3)4)52(86)69-36(51(85)74-41)23-20-24-67-61(65)66;3-2(4,5)1(6)7/h17-19,21-22,29-34,36-39,41-49,79-80,82-83H,15-16,20,23-28H2,1-14H3,(H2,64,84)(H,68,88)(H,69,86)(H,70,89)(H,71,91)(H,72,92)(H,73,81)(H,74,85)(H,75,90)(H,76,93)(H,77,87)(H,78,95)(H4,65,66,67);(H,6,7)/t32-,33-,34-,36+,37-,38-,39-,41?,42+,43?,44-,45-,46-,47+,48-,49+;/m0./s1. The molecule has 1 aromatic rings. The number of esters is 1. The minimum atomic E-state index is -5.08. The molecule has 2 unspecified atom stereocenters. The molecule has 39 heteroatoms. The molecule has 36 nitrogen and oxygen atoms in total. The second-order valence-corrected chi connectivity index (χ2v) is 27.1. The van der Waals surface area contributed by atoms with Crippen LogP contribution >= 0.6 is 0 Å². The summed E-state index contributed by atoms with van der Waals surface area (Å²) in [5.74, 6) is -21.1. The second-order valence-electron chi connectivity index (χ2n) is 27.1. The number of guanidine groups is 1. The van der Waals surface area contributed by atoms with Crippen LogP contribution < -0.4 is 75.7 Å². The summed E-state index contributed by atoms with van der Waals surface area (Å²) in [6.07, 6.45) is -14.2. The van der Waals surface area contributed by atoms with Gasteiger partial charge in [-0.15, -0.1) is 0 Å². The number of cyclic esters (lactones) is 1. The van der Waals surface area contributed by atoms with Crippen LogP contribution in [0.4, 0.5) is 18.0 Å². The van der Waals surface area contributed by atoms with Gasteiger partial charge in [0.15, 0.2) is 24.2 Å². The van der Waals surface area contributed by atoms with Crippen LogP contribution in [0.25, 0.3) is 0 Å². The zero-order valence-corrected chi connectivity index (χ0v) is 60.8. The van der Waals surface area contributed by atoms with Crippen molar-refractivity contribution >= 4 is 89.0 Å². The number of hydrogen-bond acceptors (Lipinski definition) is 21. The van der Waals surface area contributed by atoms with Crippen molar-refractivity contribution in [2.24, 2.45) is 51.8 Å². The number of primary amides is 1. The highest BCUT2D eigenvalue weighted by molar-refractivity contribution is 6.00. The topological polar surface area (TPSA) is 581 Å². The van der Waals surface area contributed by atoms with Crippen molar-refractivity contribution in [3.8, 4) is 0 Å². The van der Waals surface area contributed by atoms with Crippen LogP contribution in [0.3, 0.4) is 0 Å². The second kappa shape index (κ2) is 43.6. The molecular weight excluding hydrogens is 1380 g/mol. The molecule has 2 rings (SSSR count). The minimum Gasteiger partial charge on any atom is -0.475 e. The van der Waals surface area contributed by atoms with E-state index in [-0.39, 0.29) is 50.2 Å². The summed E-state index contributed by atoms with van der Waals surface area (Å²) in [7, 11) is 0. The van der Waals surface area contributed by atoms with Crippen molar-refractivity contribution in [1.82, 2.24) is 58.5 Å². The van der Waals surface area contributed by atoms with E-state index in [9.17, 15) is 81.5 Å². The van der Waals surface area contributed by atoms with Gasteiger partial charge in [0, 0.05) is 6.54 Å². The van der Waals surface area contributed by atoms with E-state index >= 15 is 14.4 Å². The SMILES string of the molecule is CC[C@H](C)C1NC(=O)[C@@H](CCCN=C(N)N)NC(=O)[C@H](CC(C)C)NC(=O)[C@H]([C@H](O)C(C)C)NC(=O)[C@@H](NC(=O)[C@H](CC(C)C)NC(=O)[C@H](NC(=O)OC(C)(C)C)[C@@H](C)CC)[C@@H](c2ccccc2)OC(=O)[C@H](CO)NC(=O)[C@H]([C@H](O)C(N)=O)NC(=O)CNC(=O)C([C@H](C)O)NC1=O.O=C(O)C(F)(F)F. The number of carboxylic acid groups (broad SMARTS) is 1. The average Bonchev–Trinajstić information content (AvgIpc) is 0.812. The van der Waals surface area contributed by atoms with E-state index in [4.69, 9.17) is 36.6 Å². The Morgan fingerprint density at radius 2 is 1.19 bits per heavy atom. The summed E-state index contributed by atoms with van der Waals surface area (Å²) < 4.78 is 43.1. The van der Waals surface area contributed by atoms with E-state index in [1.165, 1.54) is 44.2 Å². The Labute approximate surface area is 600 Å². The zero-order valence-electron chi connectivity index (χ0n) is 60.8. The van der Waals surface area contributed by atoms with E-state index in [1.807, 2.05) is 10.6 Å². The first-order valence-electron chi connectivity index (χ1n) is 33.7. The normalized spacial score (nSPS) is 23.3. The van der Waals surface area contributed by atoms with Gasteiger partial charge in [0.2, 0.25) is 65.0 Å². The van der Waals surface area contributed by atoms with Crippen LogP contribution in [0, 0.1) is 29.6 Å². The van der Waals surface area contributed by atoms with E-state index < -0.39 is 222 Å². The molecule has 1 saturated heterocycles. The number of carbonyl (C=O) groups excluding carboxylic acids is 13. The van der Waals surface area contributed by atoms with Crippen LogP contribution in [0.5, 0.6) is 0 Å². The van der Waals surface area contributed by atoms with E-state index in [1.54, 1.807) is 76.2 Å². The number of rotatable bonds is 24. The number of aliphatic hydroxyl groups is 4. The van der Waals surface area contributed by atoms with Gasteiger partial charge in [-0.2, -0.15) is 13.2 Å². The highest BCUT2D eigenvalue weighted by Crippen LogP contribution is 2.25. The van der Waals surface area contributed by atoms with E-state index in [0.29, 0.717) is 6.42 Å². The van der Waals surface area contributed by atoms with Gasteiger partial charge in [-0.25, -0.2) is 14.4 Å². The molecule has 0 aliphatic carbocycles. The molecule has 1 heterocycles. The Kier molecular flexibility index (Phi) is 38.8. The summed E-state index contributed by atoms with van der Waals surface area (Å²) in [5, 5.41) is 78.0. The highest BCUT2D eigenvalue weighted by Gasteiger charge is 2.45. The van der Waals surface area contributed by atoms with Gasteiger partial charge in [0.05, 0.1) is 25.4 Å². The Morgan fingerprint density at radius 3 is 1.68 bits per heavy atom. The van der Waals surface area contributed by atoms with Gasteiger partial charge in [0.1, 0.15) is 60.0 Å². The number of ether oxygens (including phenoxy) is 2. The number of alkyl halides is 3. The van der Waals surface area contributed by atoms with Crippen LogP contribution in [-0.4, -0.2) is 225 Å². The van der Waals surface area contributed by atoms with Gasteiger partial charge in [-0.05, 0) is 88.5 Å². The molecule has 12 amide bonds. The van der Waals surface area contributed by atoms with E-state index in [0.717, 1.165) is 6.92 Å². The molecule has 0 bridgehead atoms. The van der Waals surface area contributed by atoms with Crippen molar-refractivity contribution in [1.29, 1.82) is 0 Å². The molecule has 0 radical (unpaired) electrons. The molecule has 104 heavy (non-hydrogen) atoms. The first-order valence-corrected chi connectivity index (χ1v) is 33.7. The molecule has 0 saturated carbocycles. The summed E-state index contributed by atoms with van der Waals surface area (Å²) in [5.41, 5.74) is 15.4. The Bertz CT molecular complexity index is 3120. The lowest BCUT2D eigenvalue weighted by atomic mass is 9.95. The number of nitrogens with zero attached hydrogens (tertiary/aromatic N) is 1. The molecule has 0 aromatic heterocycles. The number of benzene rings is 1. The molecule has 588 valence electrons. The zero-order chi connectivity index (χ0) is 80.0. The number of carboxylic acids is 1. The third kappa shape index (κ3) is 32.0. The van der Waals surface area contributed by atoms with Crippen molar-refractivity contribution in [3.63, 3.8) is 0 Å². The predicted molar refractivity (Wildman–Crippen MR) is 365 cm³/mol. The smallest absolute Gasteiger partial charge is 0.475 e. The number of halogens is 3. The van der Waals surface area contributed by atoms with Gasteiger partial charge in [-0.3, -0.25) is 57.7 Å². The number of alkyl carbamates (subject to hydrolysis) is 1. The number of amides is 12. The third-order valence-corrected chi connectivity index (χ3v) is 15.8. The van der Waals surface area contributed by atoms with Crippen LogP contribution in [0.1, 0.15) is 147 Å². The molecule has 1 aliphatic rings. The van der Waals surface area contributed by atoms with Crippen LogP contribution in [0.2, 0.25) is 0 Å². The quantitative estimate of drug-likeness (QED) is 0.0209. The Hall–Kier alpha value is -9.50. The first-order chi connectivity index (χ1) is 48.1. The Balaban J connectivity index is 0.00000731. The van der Waals surface area contributed by atoms with Crippen LogP contribution in [0.15, 0.2) is 35.3 Å². The minimum absolute atomic E-state index is 0.0310. The number of nitrogens with one attached hydrogen (secondary N) is 11. The first kappa shape index (κ1) is 92.5. The maximum Gasteiger partial charge on any atom is 0.490 e. The number of nitrogens with two attached hydrogens (primary N) is 3. The van der Waals surface area contributed by atoms with Crippen molar-refractivity contribution in [2.75, 3.05) is 19.7 Å². The maximum absolute atomic E-state index is 15.5. The lowest BCUT2D eigenvalue weighted by Crippen LogP contribution is -2.64. The fourth-order valence-corrected chi connectivity index (χ4v) is 9.75.